The van der Waals surface area contributed by atoms with Gasteiger partial charge in [0.1, 0.15) is 12.1 Å². The van der Waals surface area contributed by atoms with Crippen molar-refractivity contribution in [2.45, 2.75) is 31.8 Å². The van der Waals surface area contributed by atoms with Gasteiger partial charge in [0.25, 0.3) is 0 Å². The molecule has 21 heavy (non-hydrogen) atoms. The molecule has 1 aliphatic heterocycles. The molecule has 7 nitrogen and oxygen atoms in total. The Morgan fingerprint density at radius 1 is 1.29 bits per heavy atom. The summed E-state index contributed by atoms with van der Waals surface area (Å²) in [6.07, 6.45) is 1.22. The van der Waals surface area contributed by atoms with Gasteiger partial charge in [0.2, 0.25) is 5.91 Å². The molecule has 0 aromatic heterocycles. The lowest BCUT2D eigenvalue weighted by Gasteiger charge is -2.24. The van der Waals surface area contributed by atoms with Crippen molar-refractivity contribution in [1.29, 1.82) is 0 Å². The molecule has 1 unspecified atom stereocenters. The molecule has 0 saturated carbocycles. The second-order valence-corrected chi connectivity index (χ2v) is 7.49. The molecule has 0 aromatic carbocycles. The Labute approximate surface area is 131 Å². The first-order chi connectivity index (χ1) is 9.84. The fraction of sp³-hybridized carbons (Fsp3) is 0.750. The molecule has 1 aliphatic rings. The van der Waals surface area contributed by atoms with Crippen LogP contribution in [-0.4, -0.2) is 63.1 Å². The van der Waals surface area contributed by atoms with Gasteiger partial charge in [0.05, 0.1) is 0 Å². The Kier molecular flexibility index (Phi) is 7.33. The predicted octanol–water partition coefficient (Wildman–Crippen LogP) is 0.491. The van der Waals surface area contributed by atoms with Gasteiger partial charge in [0, 0.05) is 24.0 Å². The first-order valence-corrected chi connectivity index (χ1v) is 9.09. The van der Waals surface area contributed by atoms with E-state index in [0.29, 0.717) is 25.1 Å². The van der Waals surface area contributed by atoms with E-state index < -0.39 is 24.0 Å². The monoisotopic (exact) mass is 336 g/mol. The van der Waals surface area contributed by atoms with Crippen molar-refractivity contribution in [3.8, 4) is 0 Å². The SMILES string of the molecule is C[C@H](CSSCC(N)C(=O)O)C(=O)N1CCC[C@H]1C(=O)O. The van der Waals surface area contributed by atoms with Crippen LogP contribution in [-0.2, 0) is 14.4 Å². The second kappa shape index (κ2) is 8.50. The van der Waals surface area contributed by atoms with E-state index in [9.17, 15) is 14.4 Å². The largest absolute Gasteiger partial charge is 0.480 e. The number of nitrogens with two attached hydrogens (primary N) is 1. The van der Waals surface area contributed by atoms with Gasteiger partial charge in [-0.15, -0.1) is 0 Å². The Balaban J connectivity index is 2.34. The molecule has 9 heteroatoms. The summed E-state index contributed by atoms with van der Waals surface area (Å²) >= 11 is 0. The lowest BCUT2D eigenvalue weighted by Crippen LogP contribution is -2.43. The maximum Gasteiger partial charge on any atom is 0.326 e. The number of aliphatic carboxylic acids is 2. The van der Waals surface area contributed by atoms with Crippen LogP contribution < -0.4 is 5.73 Å². The summed E-state index contributed by atoms with van der Waals surface area (Å²) in [6.45, 7) is 2.24. The number of nitrogens with zero attached hydrogens (tertiary/aromatic N) is 1. The van der Waals surface area contributed by atoms with Crippen molar-refractivity contribution in [2.75, 3.05) is 18.1 Å². The van der Waals surface area contributed by atoms with Crippen LogP contribution in [0.3, 0.4) is 0 Å². The molecule has 1 fully saturated rings. The van der Waals surface area contributed by atoms with Gasteiger partial charge in [-0.25, -0.2) is 4.79 Å². The van der Waals surface area contributed by atoms with Crippen LogP contribution in [0, 0.1) is 5.92 Å². The fourth-order valence-electron chi connectivity index (χ4n) is 1.98. The van der Waals surface area contributed by atoms with Crippen LogP contribution >= 0.6 is 21.6 Å². The fourth-order valence-corrected chi connectivity index (χ4v) is 4.44. The lowest BCUT2D eigenvalue weighted by atomic mass is 10.1. The smallest absolute Gasteiger partial charge is 0.326 e. The molecule has 1 amide bonds. The molecule has 1 saturated heterocycles. The number of amides is 1. The number of carboxylic acids is 2. The van der Waals surface area contributed by atoms with Gasteiger partial charge in [0.15, 0.2) is 0 Å². The molecule has 0 bridgehead atoms. The number of carbonyl (C=O) groups excluding carboxylic acids is 1. The summed E-state index contributed by atoms with van der Waals surface area (Å²) in [6, 6.07) is -1.62. The number of carbonyl (C=O) groups is 3. The maximum atomic E-state index is 12.2. The molecule has 0 radical (unpaired) electrons. The van der Waals surface area contributed by atoms with E-state index in [2.05, 4.69) is 0 Å². The molecule has 1 rings (SSSR count). The van der Waals surface area contributed by atoms with Crippen LogP contribution in [0.1, 0.15) is 19.8 Å². The van der Waals surface area contributed by atoms with Gasteiger partial charge in [-0.3, -0.25) is 9.59 Å². The first-order valence-electron chi connectivity index (χ1n) is 6.60. The van der Waals surface area contributed by atoms with Crippen LogP contribution in [0.5, 0.6) is 0 Å². The summed E-state index contributed by atoms with van der Waals surface area (Å²) in [5.74, 6) is -1.70. The summed E-state index contributed by atoms with van der Waals surface area (Å²) in [4.78, 5) is 35.3. The van der Waals surface area contributed by atoms with Gasteiger partial charge < -0.3 is 20.8 Å². The van der Waals surface area contributed by atoms with Crippen LogP contribution in [0.25, 0.3) is 0 Å². The van der Waals surface area contributed by atoms with Gasteiger partial charge in [-0.1, -0.05) is 28.5 Å². The third kappa shape index (κ3) is 5.40. The van der Waals surface area contributed by atoms with Gasteiger partial charge in [-0.2, -0.15) is 0 Å². The summed E-state index contributed by atoms with van der Waals surface area (Å²) in [5, 5.41) is 17.7. The van der Waals surface area contributed by atoms with E-state index in [1.54, 1.807) is 6.92 Å². The zero-order chi connectivity index (χ0) is 16.0. The Morgan fingerprint density at radius 3 is 2.48 bits per heavy atom. The Hall–Kier alpha value is -0.930. The Bertz CT molecular complexity index is 407. The molecule has 120 valence electrons. The average molecular weight is 336 g/mol. The lowest BCUT2D eigenvalue weighted by molar-refractivity contribution is -0.149. The molecule has 0 aromatic rings. The number of likely N-dealkylation sites (tertiary alicyclic amines) is 1. The molecular formula is C12H20N2O5S2. The van der Waals surface area contributed by atoms with Crippen molar-refractivity contribution in [3.05, 3.63) is 0 Å². The first kappa shape index (κ1) is 18.1. The molecule has 1 heterocycles. The summed E-state index contributed by atoms with van der Waals surface area (Å²) in [7, 11) is 2.69. The van der Waals surface area contributed by atoms with Crippen molar-refractivity contribution in [1.82, 2.24) is 4.90 Å². The third-order valence-corrected chi connectivity index (χ3v) is 5.82. The number of hydrogen-bond donors (Lipinski definition) is 3. The molecule has 0 spiro atoms. The predicted molar refractivity (Wildman–Crippen MR) is 82.1 cm³/mol. The highest BCUT2D eigenvalue weighted by Gasteiger charge is 2.35. The van der Waals surface area contributed by atoms with E-state index >= 15 is 0 Å². The van der Waals surface area contributed by atoms with Crippen molar-refractivity contribution in [2.24, 2.45) is 11.7 Å². The van der Waals surface area contributed by atoms with E-state index in [1.165, 1.54) is 26.5 Å². The van der Waals surface area contributed by atoms with E-state index in [0.717, 1.165) is 0 Å². The number of rotatable bonds is 8. The highest BCUT2D eigenvalue weighted by atomic mass is 33.1. The van der Waals surface area contributed by atoms with E-state index in [4.69, 9.17) is 15.9 Å². The molecular weight excluding hydrogens is 316 g/mol. The van der Waals surface area contributed by atoms with Crippen LogP contribution in [0.2, 0.25) is 0 Å². The summed E-state index contributed by atoms with van der Waals surface area (Å²) < 4.78 is 0. The average Bonchev–Trinajstić information content (AvgIpc) is 2.91. The minimum absolute atomic E-state index is 0.157. The normalized spacial score (nSPS) is 21.0. The third-order valence-electron chi connectivity index (χ3n) is 3.21. The topological polar surface area (TPSA) is 121 Å². The highest BCUT2D eigenvalue weighted by Crippen LogP contribution is 2.27. The Morgan fingerprint density at radius 2 is 1.90 bits per heavy atom. The zero-order valence-corrected chi connectivity index (χ0v) is 13.4. The van der Waals surface area contributed by atoms with Gasteiger partial charge >= 0.3 is 11.9 Å². The quantitative estimate of drug-likeness (QED) is 0.432. The van der Waals surface area contributed by atoms with E-state index in [-0.39, 0.29) is 17.6 Å². The molecule has 0 aliphatic carbocycles. The van der Waals surface area contributed by atoms with Crippen molar-refractivity contribution >= 4 is 39.4 Å². The van der Waals surface area contributed by atoms with Crippen molar-refractivity contribution < 1.29 is 24.6 Å². The maximum absolute atomic E-state index is 12.2. The number of hydrogen-bond acceptors (Lipinski definition) is 6. The van der Waals surface area contributed by atoms with Crippen molar-refractivity contribution in [3.63, 3.8) is 0 Å². The molecule has 4 N–H and O–H groups in total. The highest BCUT2D eigenvalue weighted by molar-refractivity contribution is 8.76. The number of carboxylic acid groups (broad SMARTS) is 2. The van der Waals surface area contributed by atoms with E-state index in [1.807, 2.05) is 0 Å². The second-order valence-electron chi connectivity index (χ2n) is 4.94. The minimum Gasteiger partial charge on any atom is -0.480 e. The minimum atomic E-state index is -1.05. The van der Waals surface area contributed by atoms with Gasteiger partial charge in [-0.05, 0) is 12.8 Å². The standard InChI is InChI=1S/C12H20N2O5S2/c1-7(5-20-21-6-8(13)11(16)17)10(15)14-4-2-3-9(14)12(18)19/h7-9H,2-6,13H2,1H3,(H,16,17)(H,18,19)/t7-,8?,9+/m1/s1. The zero-order valence-electron chi connectivity index (χ0n) is 11.7. The molecule has 3 atom stereocenters. The van der Waals surface area contributed by atoms with Crippen LogP contribution in [0.4, 0.5) is 0 Å². The van der Waals surface area contributed by atoms with Crippen LogP contribution in [0.15, 0.2) is 0 Å². The summed E-state index contributed by atoms with van der Waals surface area (Å²) in [5.41, 5.74) is 5.37.